The molecule has 0 saturated heterocycles. The second-order valence-corrected chi connectivity index (χ2v) is 8.85. The Morgan fingerprint density at radius 3 is 2.61 bits per heavy atom. The van der Waals surface area contributed by atoms with Gasteiger partial charge in [0.2, 0.25) is 11.8 Å². The Bertz CT molecular complexity index is 783. The predicted octanol–water partition coefficient (Wildman–Crippen LogP) is 3.87. The van der Waals surface area contributed by atoms with Crippen LogP contribution in [0.3, 0.4) is 0 Å². The second-order valence-electron chi connectivity index (χ2n) is 7.82. The fourth-order valence-corrected chi connectivity index (χ4v) is 4.76. The molecule has 0 unspecified atom stereocenters. The Balaban J connectivity index is 1.58. The molecule has 2 aromatic heterocycles. The summed E-state index contributed by atoms with van der Waals surface area (Å²) in [6.07, 6.45) is 11.3. The van der Waals surface area contributed by atoms with E-state index in [1.807, 2.05) is 34.5 Å². The first-order valence-electron chi connectivity index (χ1n) is 10.3. The number of nitrogens with zero attached hydrogens (tertiary/aromatic N) is 2. The summed E-state index contributed by atoms with van der Waals surface area (Å²) in [5, 5.41) is 5.22. The maximum absolute atomic E-state index is 13.4. The van der Waals surface area contributed by atoms with Crippen molar-refractivity contribution < 1.29 is 9.59 Å². The molecule has 5 nitrogen and oxygen atoms in total. The summed E-state index contributed by atoms with van der Waals surface area (Å²) < 4.78 is 0. The van der Waals surface area contributed by atoms with E-state index < -0.39 is 6.04 Å². The maximum atomic E-state index is 13.4. The highest BCUT2D eigenvalue weighted by atomic mass is 32.1. The maximum Gasteiger partial charge on any atom is 0.247 e. The molecular formula is C22H27N3O2S. The minimum Gasteiger partial charge on any atom is -0.351 e. The predicted molar refractivity (Wildman–Crippen MR) is 110 cm³/mol. The van der Waals surface area contributed by atoms with Gasteiger partial charge in [-0.05, 0) is 43.2 Å². The molecule has 0 radical (unpaired) electrons. The average Bonchev–Trinajstić information content (AvgIpc) is 3.42. The smallest absolute Gasteiger partial charge is 0.247 e. The van der Waals surface area contributed by atoms with Gasteiger partial charge in [0, 0.05) is 34.9 Å². The molecule has 2 aromatic rings. The molecule has 0 aromatic carbocycles. The monoisotopic (exact) mass is 397 g/mol. The Kier molecular flexibility index (Phi) is 6.05. The van der Waals surface area contributed by atoms with Gasteiger partial charge in [-0.1, -0.05) is 31.4 Å². The van der Waals surface area contributed by atoms with Crippen LogP contribution in [-0.2, 0) is 16.0 Å². The molecule has 2 aliphatic rings. The van der Waals surface area contributed by atoms with E-state index in [4.69, 9.17) is 0 Å². The van der Waals surface area contributed by atoms with Gasteiger partial charge in [-0.3, -0.25) is 14.6 Å². The van der Waals surface area contributed by atoms with Crippen molar-refractivity contribution in [2.24, 2.45) is 0 Å². The molecular weight excluding hydrogens is 370 g/mol. The first kappa shape index (κ1) is 19.1. The van der Waals surface area contributed by atoms with Crippen LogP contribution in [0.4, 0.5) is 0 Å². The van der Waals surface area contributed by atoms with Crippen molar-refractivity contribution in [2.45, 2.75) is 69.5 Å². The van der Waals surface area contributed by atoms with Crippen LogP contribution in [0.25, 0.3) is 0 Å². The molecule has 1 atom stereocenters. The summed E-state index contributed by atoms with van der Waals surface area (Å²) in [5.74, 6) is -0.0380. The van der Waals surface area contributed by atoms with Gasteiger partial charge in [-0.2, -0.15) is 0 Å². The number of carbonyl (C=O) groups excluding carboxylic acids is 2. The Morgan fingerprint density at radius 1 is 1.14 bits per heavy atom. The summed E-state index contributed by atoms with van der Waals surface area (Å²) in [4.78, 5) is 33.7. The van der Waals surface area contributed by atoms with Gasteiger partial charge >= 0.3 is 0 Å². The van der Waals surface area contributed by atoms with Crippen molar-refractivity contribution in [1.29, 1.82) is 0 Å². The lowest BCUT2D eigenvalue weighted by Gasteiger charge is -2.33. The molecule has 2 amide bonds. The van der Waals surface area contributed by atoms with E-state index >= 15 is 0 Å². The summed E-state index contributed by atoms with van der Waals surface area (Å²) in [7, 11) is 0. The Hall–Kier alpha value is -2.21. The number of carbonyl (C=O) groups is 2. The molecule has 148 valence electrons. The van der Waals surface area contributed by atoms with Crippen LogP contribution >= 0.6 is 11.3 Å². The molecule has 4 rings (SSSR count). The van der Waals surface area contributed by atoms with Gasteiger partial charge < -0.3 is 10.2 Å². The number of rotatable bonds is 7. The van der Waals surface area contributed by atoms with Crippen LogP contribution in [0.15, 0.2) is 42.0 Å². The fourth-order valence-electron chi connectivity index (χ4n) is 4.07. The van der Waals surface area contributed by atoms with Gasteiger partial charge in [0.1, 0.15) is 6.04 Å². The zero-order chi connectivity index (χ0) is 19.3. The highest BCUT2D eigenvalue weighted by Crippen LogP contribution is 2.35. The molecule has 28 heavy (non-hydrogen) atoms. The van der Waals surface area contributed by atoms with Crippen LogP contribution in [0, 0.1) is 0 Å². The van der Waals surface area contributed by atoms with E-state index in [1.165, 1.54) is 6.42 Å². The zero-order valence-corrected chi connectivity index (χ0v) is 16.9. The quantitative estimate of drug-likeness (QED) is 0.771. The molecule has 2 heterocycles. The molecule has 2 saturated carbocycles. The van der Waals surface area contributed by atoms with Crippen LogP contribution in [0.1, 0.15) is 61.4 Å². The van der Waals surface area contributed by atoms with Crippen molar-refractivity contribution in [3.63, 3.8) is 0 Å². The normalized spacial score (nSPS) is 18.4. The standard InChI is InChI=1S/C22H27N3O2S/c26-20(14-19-9-5-13-28-19)25(18-10-11-18)21(16-6-4-12-23-15-16)22(27)24-17-7-2-1-3-8-17/h4-6,9,12-13,15,17-18,21H,1-3,7-8,10-11,14H2,(H,24,27)/t21-/m1/s1. The van der Waals surface area contributed by atoms with Crippen molar-refractivity contribution >= 4 is 23.2 Å². The van der Waals surface area contributed by atoms with Crippen molar-refractivity contribution in [3.8, 4) is 0 Å². The van der Waals surface area contributed by atoms with Gasteiger partial charge in [-0.15, -0.1) is 11.3 Å². The second kappa shape index (κ2) is 8.86. The Labute approximate surface area is 170 Å². The first-order chi connectivity index (χ1) is 13.7. The van der Waals surface area contributed by atoms with E-state index in [1.54, 1.807) is 23.7 Å². The minimum absolute atomic E-state index is 0.0256. The molecule has 6 heteroatoms. The number of hydrogen-bond donors (Lipinski definition) is 1. The lowest BCUT2D eigenvalue weighted by atomic mass is 9.94. The lowest BCUT2D eigenvalue weighted by molar-refractivity contribution is -0.141. The zero-order valence-electron chi connectivity index (χ0n) is 16.0. The van der Waals surface area contributed by atoms with Crippen LogP contribution in [-0.4, -0.2) is 33.8 Å². The van der Waals surface area contributed by atoms with Crippen LogP contribution < -0.4 is 5.32 Å². The van der Waals surface area contributed by atoms with Gasteiger partial charge in [0.25, 0.3) is 0 Å². The van der Waals surface area contributed by atoms with E-state index in [0.717, 1.165) is 49.0 Å². The largest absolute Gasteiger partial charge is 0.351 e. The van der Waals surface area contributed by atoms with E-state index in [2.05, 4.69) is 10.3 Å². The van der Waals surface area contributed by atoms with Gasteiger partial charge in [-0.25, -0.2) is 0 Å². The summed E-state index contributed by atoms with van der Waals surface area (Å²) in [6, 6.07) is 7.45. The van der Waals surface area contributed by atoms with Gasteiger partial charge in [0.15, 0.2) is 0 Å². The Morgan fingerprint density at radius 2 is 1.96 bits per heavy atom. The van der Waals surface area contributed by atoms with E-state index in [-0.39, 0.29) is 23.9 Å². The number of hydrogen-bond acceptors (Lipinski definition) is 4. The van der Waals surface area contributed by atoms with E-state index in [9.17, 15) is 9.59 Å². The van der Waals surface area contributed by atoms with Crippen molar-refractivity contribution in [2.75, 3.05) is 0 Å². The molecule has 2 aliphatic carbocycles. The van der Waals surface area contributed by atoms with Crippen LogP contribution in [0.2, 0.25) is 0 Å². The third-order valence-electron chi connectivity index (χ3n) is 5.61. The average molecular weight is 398 g/mol. The SMILES string of the molecule is O=C(NC1CCCCC1)[C@@H](c1cccnc1)N(C(=O)Cc1cccs1)C1CC1. The summed E-state index contributed by atoms with van der Waals surface area (Å²) in [6.45, 7) is 0. The van der Waals surface area contributed by atoms with E-state index in [0.29, 0.717) is 6.42 Å². The number of thiophene rings is 1. The summed E-state index contributed by atoms with van der Waals surface area (Å²) >= 11 is 1.58. The fraction of sp³-hybridized carbons (Fsp3) is 0.500. The number of aromatic nitrogens is 1. The third-order valence-corrected chi connectivity index (χ3v) is 6.49. The highest BCUT2D eigenvalue weighted by Gasteiger charge is 2.41. The molecule has 2 fully saturated rings. The molecule has 0 aliphatic heterocycles. The number of pyridine rings is 1. The first-order valence-corrected chi connectivity index (χ1v) is 11.1. The summed E-state index contributed by atoms with van der Waals surface area (Å²) in [5.41, 5.74) is 0.794. The topological polar surface area (TPSA) is 62.3 Å². The third kappa shape index (κ3) is 4.61. The van der Waals surface area contributed by atoms with Crippen LogP contribution in [0.5, 0.6) is 0 Å². The minimum atomic E-state index is -0.601. The highest BCUT2D eigenvalue weighted by molar-refractivity contribution is 7.10. The molecule has 0 bridgehead atoms. The molecule has 1 N–H and O–H groups in total. The lowest BCUT2D eigenvalue weighted by Crippen LogP contribution is -2.48. The van der Waals surface area contributed by atoms with Crippen molar-refractivity contribution in [1.82, 2.24) is 15.2 Å². The number of nitrogens with one attached hydrogen (secondary N) is 1. The molecule has 0 spiro atoms. The van der Waals surface area contributed by atoms with Gasteiger partial charge in [0.05, 0.1) is 6.42 Å². The number of amides is 2. The van der Waals surface area contributed by atoms with Crippen molar-refractivity contribution in [3.05, 3.63) is 52.5 Å².